The van der Waals surface area contributed by atoms with Crippen LogP contribution in [0.3, 0.4) is 0 Å². The third-order valence-electron chi connectivity index (χ3n) is 3.25. The summed E-state index contributed by atoms with van der Waals surface area (Å²) in [7, 11) is 0. The van der Waals surface area contributed by atoms with E-state index < -0.39 is 0 Å². The molecule has 0 aromatic carbocycles. The van der Waals surface area contributed by atoms with Gasteiger partial charge < -0.3 is 10.7 Å². The van der Waals surface area contributed by atoms with E-state index in [0.717, 1.165) is 10.2 Å². The van der Waals surface area contributed by atoms with Crippen LogP contribution in [0.1, 0.15) is 36.1 Å². The lowest BCUT2D eigenvalue weighted by Gasteiger charge is -2.18. The second-order valence-electron chi connectivity index (χ2n) is 4.36. The summed E-state index contributed by atoms with van der Waals surface area (Å²) < 4.78 is 0.483. The number of anilines is 1. The lowest BCUT2D eigenvalue weighted by Crippen LogP contribution is -2.05. The molecule has 0 saturated carbocycles. The molecular weight excluding hydrogens is 238 g/mol. The number of H-pyrrole nitrogens is 1. The van der Waals surface area contributed by atoms with Crippen LogP contribution in [0.5, 0.6) is 0 Å². The summed E-state index contributed by atoms with van der Waals surface area (Å²) in [6.45, 7) is 2.27. The maximum Gasteiger partial charge on any atom is 0.199 e. The van der Waals surface area contributed by atoms with Crippen molar-refractivity contribution in [3.63, 3.8) is 0 Å². The predicted octanol–water partition coefficient (Wildman–Crippen LogP) is 3.38. The quantitative estimate of drug-likeness (QED) is 0.706. The highest BCUT2D eigenvalue weighted by molar-refractivity contribution is 7.71. The van der Waals surface area contributed by atoms with Crippen LogP contribution in [0.15, 0.2) is 0 Å². The Kier molecular flexibility index (Phi) is 2.26. The Morgan fingerprint density at radius 1 is 1.56 bits per heavy atom. The first-order valence-electron chi connectivity index (χ1n) is 5.48. The second-order valence-corrected chi connectivity index (χ2v) is 5.86. The summed E-state index contributed by atoms with van der Waals surface area (Å²) in [6, 6.07) is 0. The molecule has 1 aliphatic rings. The van der Waals surface area contributed by atoms with Gasteiger partial charge >= 0.3 is 0 Å². The minimum absolute atomic E-state index is 0.483. The van der Waals surface area contributed by atoms with E-state index in [9.17, 15) is 0 Å². The van der Waals surface area contributed by atoms with Gasteiger partial charge in [0.25, 0.3) is 0 Å². The van der Waals surface area contributed by atoms with Crippen LogP contribution >= 0.6 is 23.6 Å². The molecule has 0 radical (unpaired) electrons. The van der Waals surface area contributed by atoms with Gasteiger partial charge in [0.15, 0.2) is 4.77 Å². The largest absolute Gasteiger partial charge is 0.383 e. The van der Waals surface area contributed by atoms with Crippen LogP contribution in [0.2, 0.25) is 0 Å². The lowest BCUT2D eigenvalue weighted by atomic mass is 9.87. The highest BCUT2D eigenvalue weighted by Crippen LogP contribution is 2.42. The molecule has 1 unspecified atom stereocenters. The van der Waals surface area contributed by atoms with Crippen LogP contribution < -0.4 is 5.73 Å². The van der Waals surface area contributed by atoms with E-state index in [1.165, 1.54) is 29.7 Å². The summed E-state index contributed by atoms with van der Waals surface area (Å²) in [5.74, 6) is 1.18. The summed E-state index contributed by atoms with van der Waals surface area (Å²) >= 11 is 6.85. The molecule has 16 heavy (non-hydrogen) atoms. The number of nitrogen functional groups attached to an aromatic ring is 1. The average molecular weight is 251 g/mol. The number of nitrogens with one attached hydrogen (secondary N) is 1. The molecule has 0 fully saturated rings. The van der Waals surface area contributed by atoms with Gasteiger partial charge in [-0.2, -0.15) is 0 Å². The van der Waals surface area contributed by atoms with E-state index in [1.54, 1.807) is 11.3 Å². The first-order chi connectivity index (χ1) is 7.66. The third kappa shape index (κ3) is 1.38. The Balaban J connectivity index is 2.42. The van der Waals surface area contributed by atoms with Gasteiger partial charge in [-0.05, 0) is 43.0 Å². The van der Waals surface area contributed by atoms with E-state index >= 15 is 0 Å². The lowest BCUT2D eigenvalue weighted by molar-refractivity contribution is 0.602. The number of aromatic nitrogens is 2. The number of nitrogens with zero attached hydrogens (tertiary/aromatic N) is 1. The number of aryl methyl sites for hydroxylation is 1. The Morgan fingerprint density at radius 2 is 2.38 bits per heavy atom. The third-order valence-corrected chi connectivity index (χ3v) is 4.63. The normalized spacial score (nSPS) is 19.9. The van der Waals surface area contributed by atoms with Gasteiger partial charge in [0, 0.05) is 4.88 Å². The Bertz CT molecular complexity index is 611. The fraction of sp³-hybridized carbons (Fsp3) is 0.455. The van der Waals surface area contributed by atoms with Gasteiger partial charge in [0.2, 0.25) is 0 Å². The SMILES string of the molecule is CC1CCCc2sc3[nH]c(=S)nc(N)c3c21. The maximum absolute atomic E-state index is 6.00. The molecule has 0 aliphatic heterocycles. The van der Waals surface area contributed by atoms with Gasteiger partial charge in [0.1, 0.15) is 10.6 Å². The molecule has 3 rings (SSSR count). The molecule has 2 aromatic heterocycles. The van der Waals surface area contributed by atoms with Crippen molar-refractivity contribution in [2.24, 2.45) is 0 Å². The number of rotatable bonds is 0. The highest BCUT2D eigenvalue weighted by Gasteiger charge is 2.23. The summed E-state index contributed by atoms with van der Waals surface area (Å²) in [6.07, 6.45) is 3.68. The zero-order valence-corrected chi connectivity index (χ0v) is 10.7. The van der Waals surface area contributed by atoms with Crippen molar-refractivity contribution >= 4 is 39.6 Å². The van der Waals surface area contributed by atoms with Crippen LogP contribution in [-0.2, 0) is 6.42 Å². The van der Waals surface area contributed by atoms with Crippen molar-refractivity contribution < 1.29 is 0 Å². The number of thiophene rings is 1. The molecule has 1 aliphatic carbocycles. The fourth-order valence-electron chi connectivity index (χ4n) is 2.54. The van der Waals surface area contributed by atoms with E-state index in [0.29, 0.717) is 16.5 Å². The Hall–Kier alpha value is -0.940. The summed E-state index contributed by atoms with van der Waals surface area (Å²) in [4.78, 5) is 9.86. The number of hydrogen-bond donors (Lipinski definition) is 2. The average Bonchev–Trinajstić information content (AvgIpc) is 2.56. The van der Waals surface area contributed by atoms with Crippen LogP contribution in [-0.4, -0.2) is 9.97 Å². The number of hydrogen-bond acceptors (Lipinski definition) is 4. The molecular formula is C11H13N3S2. The fourth-order valence-corrected chi connectivity index (χ4v) is 4.18. The first kappa shape index (κ1) is 10.2. The van der Waals surface area contributed by atoms with Crippen molar-refractivity contribution in [1.29, 1.82) is 0 Å². The topological polar surface area (TPSA) is 54.7 Å². The Morgan fingerprint density at radius 3 is 3.19 bits per heavy atom. The van der Waals surface area contributed by atoms with Crippen LogP contribution in [0, 0.1) is 4.77 Å². The minimum Gasteiger partial charge on any atom is -0.383 e. The monoisotopic (exact) mass is 251 g/mol. The molecule has 3 nitrogen and oxygen atoms in total. The minimum atomic E-state index is 0.483. The molecule has 5 heteroatoms. The number of aromatic amines is 1. The maximum atomic E-state index is 6.00. The summed E-state index contributed by atoms with van der Waals surface area (Å²) in [5.41, 5.74) is 7.40. The van der Waals surface area contributed by atoms with Crippen molar-refractivity contribution in [1.82, 2.24) is 9.97 Å². The molecule has 0 saturated heterocycles. The van der Waals surface area contributed by atoms with Gasteiger partial charge in [-0.3, -0.25) is 0 Å². The zero-order chi connectivity index (χ0) is 11.3. The zero-order valence-electron chi connectivity index (χ0n) is 9.04. The molecule has 0 amide bonds. The first-order valence-corrected chi connectivity index (χ1v) is 6.70. The van der Waals surface area contributed by atoms with Gasteiger partial charge in [-0.15, -0.1) is 11.3 Å². The molecule has 84 valence electrons. The molecule has 0 bridgehead atoms. The van der Waals surface area contributed by atoms with Crippen LogP contribution in [0.4, 0.5) is 5.82 Å². The van der Waals surface area contributed by atoms with E-state index in [2.05, 4.69) is 16.9 Å². The van der Waals surface area contributed by atoms with E-state index in [4.69, 9.17) is 18.0 Å². The van der Waals surface area contributed by atoms with Crippen molar-refractivity contribution in [2.45, 2.75) is 32.1 Å². The molecule has 2 heterocycles. The predicted molar refractivity (Wildman–Crippen MR) is 70.6 cm³/mol. The molecule has 1 atom stereocenters. The highest BCUT2D eigenvalue weighted by atomic mass is 32.1. The van der Waals surface area contributed by atoms with Crippen molar-refractivity contribution in [2.75, 3.05) is 5.73 Å². The number of fused-ring (bicyclic) bond motifs is 3. The van der Waals surface area contributed by atoms with E-state index in [1.807, 2.05) is 0 Å². The summed E-state index contributed by atoms with van der Waals surface area (Å²) in [5, 5.41) is 1.11. The Labute approximate surface area is 103 Å². The van der Waals surface area contributed by atoms with Gasteiger partial charge in [-0.25, -0.2) is 4.98 Å². The van der Waals surface area contributed by atoms with E-state index in [-0.39, 0.29) is 0 Å². The second kappa shape index (κ2) is 3.53. The number of nitrogens with two attached hydrogens (primary N) is 1. The smallest absolute Gasteiger partial charge is 0.199 e. The van der Waals surface area contributed by atoms with Gasteiger partial charge in [0.05, 0.1) is 5.39 Å². The van der Waals surface area contributed by atoms with Crippen molar-refractivity contribution in [3.8, 4) is 0 Å². The molecule has 2 aromatic rings. The van der Waals surface area contributed by atoms with Gasteiger partial charge in [-0.1, -0.05) is 6.92 Å². The standard InChI is InChI=1S/C11H13N3S2/c1-5-3-2-4-6-7(5)8-9(12)13-11(15)14-10(8)16-6/h5H,2-4H2,1H3,(H3,12,13,14,15). The molecule has 3 N–H and O–H groups in total. The van der Waals surface area contributed by atoms with Crippen LogP contribution in [0.25, 0.3) is 10.2 Å². The molecule has 0 spiro atoms. The van der Waals surface area contributed by atoms with Crippen molar-refractivity contribution in [3.05, 3.63) is 15.2 Å².